The number of hydrogen-bond donors (Lipinski definition) is 0. The van der Waals surface area contributed by atoms with Gasteiger partial charge in [0.1, 0.15) is 0 Å². The Morgan fingerprint density at radius 3 is 0.929 bits per heavy atom. The highest BCUT2D eigenvalue weighted by Gasteiger charge is 1.95. The highest BCUT2D eigenvalue weighted by atomic mass is 14.0. The van der Waals surface area contributed by atoms with Crippen LogP contribution in [0.5, 0.6) is 0 Å². The Bertz CT molecular complexity index is 46.9. The lowest BCUT2D eigenvalue weighted by Crippen LogP contribution is -1.85. The minimum atomic E-state index is 1.36. The summed E-state index contributed by atoms with van der Waals surface area (Å²) in [6, 6.07) is 0. The predicted molar refractivity (Wildman–Crippen MR) is 68.9 cm³/mol. The van der Waals surface area contributed by atoms with E-state index in [-0.39, 0.29) is 0 Å². The molecule has 0 bridgehead atoms. The van der Waals surface area contributed by atoms with Crippen molar-refractivity contribution < 1.29 is 0 Å². The first-order valence-electron chi connectivity index (χ1n) is 6.91. The van der Waals surface area contributed by atoms with E-state index in [1.807, 2.05) is 13.8 Å². The summed E-state index contributed by atoms with van der Waals surface area (Å²) in [6.45, 7) is 8.46. The van der Waals surface area contributed by atoms with Crippen LogP contribution in [0.25, 0.3) is 0 Å². The van der Waals surface area contributed by atoms with Gasteiger partial charge in [-0.2, -0.15) is 0 Å². The Morgan fingerprint density at radius 1 is 0.571 bits per heavy atom. The molecule has 0 saturated heterocycles. The lowest BCUT2D eigenvalue weighted by molar-refractivity contribution is 0.504. The molecule has 1 aliphatic rings. The second-order valence-electron chi connectivity index (χ2n) is 3.83. The van der Waals surface area contributed by atoms with Gasteiger partial charge in [0.05, 0.1) is 0 Å². The monoisotopic (exact) mass is 200 g/mol. The van der Waals surface area contributed by atoms with Gasteiger partial charge in [-0.05, 0) is 0 Å². The molecule has 0 aromatic rings. The van der Waals surface area contributed by atoms with Crippen LogP contribution >= 0.6 is 0 Å². The first-order valence-corrected chi connectivity index (χ1v) is 6.91. The standard InChI is InChI=1S/C6H12.C6H14.C2H6/c1-2-4-6-5-3-1;1-3-5-6-4-2;1-2/h1-6H2;3-6H2,1-2H3;1-2H3. The maximum Gasteiger partial charge on any atom is -0.0533 e. The molecule has 1 saturated carbocycles. The van der Waals surface area contributed by atoms with Gasteiger partial charge in [-0.1, -0.05) is 91.9 Å². The van der Waals surface area contributed by atoms with E-state index in [4.69, 9.17) is 0 Å². The zero-order valence-electron chi connectivity index (χ0n) is 11.1. The summed E-state index contributed by atoms with van der Waals surface area (Å²) in [7, 11) is 0. The molecule has 0 amide bonds. The smallest absolute Gasteiger partial charge is 0.0533 e. The lowest BCUT2D eigenvalue weighted by atomic mass is 10.0. The normalized spacial score (nSPS) is 14.6. The molecule has 14 heavy (non-hydrogen) atoms. The molecule has 0 unspecified atom stereocenters. The van der Waals surface area contributed by atoms with E-state index in [1.165, 1.54) is 64.2 Å². The highest BCUT2D eigenvalue weighted by Crippen LogP contribution is 2.15. The van der Waals surface area contributed by atoms with Crippen LogP contribution in [0.4, 0.5) is 0 Å². The molecule has 0 radical (unpaired) electrons. The molecule has 0 aromatic carbocycles. The van der Waals surface area contributed by atoms with Crippen LogP contribution < -0.4 is 0 Å². The summed E-state index contributed by atoms with van der Waals surface area (Å²) in [5.74, 6) is 0. The van der Waals surface area contributed by atoms with Gasteiger partial charge < -0.3 is 0 Å². The van der Waals surface area contributed by atoms with Crippen LogP contribution in [-0.2, 0) is 0 Å². The van der Waals surface area contributed by atoms with Crippen molar-refractivity contribution in [1.29, 1.82) is 0 Å². The van der Waals surface area contributed by atoms with Crippen LogP contribution in [0.15, 0.2) is 0 Å². The van der Waals surface area contributed by atoms with Gasteiger partial charge in [-0.3, -0.25) is 0 Å². The summed E-state index contributed by atoms with van der Waals surface area (Å²) in [6.07, 6.45) is 14.5. The molecule has 1 aliphatic carbocycles. The third-order valence-corrected chi connectivity index (χ3v) is 2.46. The molecule has 0 N–H and O–H groups in total. The summed E-state index contributed by atoms with van der Waals surface area (Å²) < 4.78 is 0. The lowest BCUT2D eigenvalue weighted by Gasteiger charge is -2.05. The van der Waals surface area contributed by atoms with Crippen molar-refractivity contribution in [3.63, 3.8) is 0 Å². The van der Waals surface area contributed by atoms with E-state index in [1.54, 1.807) is 0 Å². The van der Waals surface area contributed by atoms with E-state index in [2.05, 4.69) is 13.8 Å². The first-order chi connectivity index (χ1) is 6.91. The number of rotatable bonds is 3. The van der Waals surface area contributed by atoms with Gasteiger partial charge in [0, 0.05) is 0 Å². The Balaban J connectivity index is 0. The molecule has 0 atom stereocenters. The van der Waals surface area contributed by atoms with Gasteiger partial charge in [-0.25, -0.2) is 0 Å². The summed E-state index contributed by atoms with van der Waals surface area (Å²) in [5.41, 5.74) is 0. The van der Waals surface area contributed by atoms with Gasteiger partial charge >= 0.3 is 0 Å². The van der Waals surface area contributed by atoms with E-state index in [9.17, 15) is 0 Å². The molecule has 0 heteroatoms. The number of unbranched alkanes of at least 4 members (excludes halogenated alkanes) is 3. The zero-order valence-corrected chi connectivity index (χ0v) is 11.1. The summed E-state index contributed by atoms with van der Waals surface area (Å²) in [4.78, 5) is 0. The van der Waals surface area contributed by atoms with Crippen molar-refractivity contribution in [3.05, 3.63) is 0 Å². The fraction of sp³-hybridized carbons (Fsp3) is 1.00. The minimum absolute atomic E-state index is 1.36. The topological polar surface area (TPSA) is 0 Å². The van der Waals surface area contributed by atoms with E-state index < -0.39 is 0 Å². The van der Waals surface area contributed by atoms with Crippen molar-refractivity contribution in [3.8, 4) is 0 Å². The van der Waals surface area contributed by atoms with E-state index in [0.717, 1.165) is 0 Å². The van der Waals surface area contributed by atoms with Gasteiger partial charge in [0.2, 0.25) is 0 Å². The fourth-order valence-electron chi connectivity index (χ4n) is 1.56. The van der Waals surface area contributed by atoms with Crippen molar-refractivity contribution in [1.82, 2.24) is 0 Å². The Kier molecular flexibility index (Phi) is 22.0. The van der Waals surface area contributed by atoms with Gasteiger partial charge in [-0.15, -0.1) is 0 Å². The SMILES string of the molecule is C1CCCCC1.CC.CCCCCC. The average Bonchev–Trinajstić information content (AvgIpc) is 2.32. The van der Waals surface area contributed by atoms with Crippen molar-refractivity contribution in [2.75, 3.05) is 0 Å². The third kappa shape index (κ3) is 17.9. The second kappa shape index (κ2) is 18.7. The Labute approximate surface area is 92.5 Å². The van der Waals surface area contributed by atoms with E-state index in [0.29, 0.717) is 0 Å². The van der Waals surface area contributed by atoms with Gasteiger partial charge in [0.25, 0.3) is 0 Å². The molecule has 0 nitrogen and oxygen atoms in total. The maximum atomic E-state index is 2.23. The molecule has 0 aromatic heterocycles. The first kappa shape index (κ1) is 16.4. The van der Waals surface area contributed by atoms with Crippen molar-refractivity contribution in [2.45, 2.75) is 91.9 Å². The molecule has 88 valence electrons. The molecule has 1 fully saturated rings. The molecular weight excluding hydrogens is 168 g/mol. The second-order valence-corrected chi connectivity index (χ2v) is 3.83. The average molecular weight is 200 g/mol. The molecule has 0 spiro atoms. The van der Waals surface area contributed by atoms with Crippen LogP contribution in [0.3, 0.4) is 0 Å². The quantitative estimate of drug-likeness (QED) is 0.494. The fourth-order valence-corrected chi connectivity index (χ4v) is 1.56. The van der Waals surface area contributed by atoms with Crippen LogP contribution in [0, 0.1) is 0 Å². The largest absolute Gasteiger partial charge is 0.0683 e. The Hall–Kier alpha value is 0. The minimum Gasteiger partial charge on any atom is -0.0683 e. The van der Waals surface area contributed by atoms with Gasteiger partial charge in [0.15, 0.2) is 0 Å². The van der Waals surface area contributed by atoms with Crippen LogP contribution in [0.1, 0.15) is 91.9 Å². The summed E-state index contributed by atoms with van der Waals surface area (Å²) >= 11 is 0. The molecule has 0 heterocycles. The van der Waals surface area contributed by atoms with Crippen LogP contribution in [0.2, 0.25) is 0 Å². The van der Waals surface area contributed by atoms with Crippen molar-refractivity contribution in [2.24, 2.45) is 0 Å². The number of hydrogen-bond acceptors (Lipinski definition) is 0. The molecular formula is C14H32. The highest BCUT2D eigenvalue weighted by molar-refractivity contribution is 4.51. The van der Waals surface area contributed by atoms with E-state index >= 15 is 0 Å². The van der Waals surface area contributed by atoms with Crippen LogP contribution in [-0.4, -0.2) is 0 Å². The third-order valence-electron chi connectivity index (χ3n) is 2.46. The summed E-state index contributed by atoms with van der Waals surface area (Å²) in [5, 5.41) is 0. The van der Waals surface area contributed by atoms with Crippen molar-refractivity contribution >= 4 is 0 Å². The Morgan fingerprint density at radius 2 is 0.786 bits per heavy atom. The molecule has 1 rings (SSSR count). The predicted octanol–water partition coefficient (Wildman–Crippen LogP) is 5.95. The zero-order chi connectivity index (χ0) is 11.1. The molecule has 0 aliphatic heterocycles. The maximum absolute atomic E-state index is 2.23.